The third kappa shape index (κ3) is 1.03. The predicted molar refractivity (Wildman–Crippen MR) is 31.7 cm³/mol. The monoisotopic (exact) mass is 122 g/mol. The van der Waals surface area contributed by atoms with Crippen LogP contribution in [0.5, 0.6) is 0 Å². The first kappa shape index (κ1) is 5.70. The molecular weight excluding hydrogens is 116 g/mol. The molecule has 9 heavy (non-hydrogen) atoms. The molecule has 1 heterocycles. The van der Waals surface area contributed by atoms with E-state index in [2.05, 4.69) is 0 Å². The Morgan fingerprint density at radius 3 is 2.89 bits per heavy atom. The van der Waals surface area contributed by atoms with Gasteiger partial charge in [-0.15, -0.1) is 0 Å². The molecule has 0 spiro atoms. The Kier molecular flexibility index (Phi) is 1.41. The topological polar surface area (TPSA) is 38.0 Å². The molecule has 0 aliphatic carbocycles. The van der Waals surface area contributed by atoms with Crippen LogP contribution in [0.2, 0.25) is 0 Å². The van der Waals surface area contributed by atoms with E-state index in [0.717, 1.165) is 0 Å². The number of hydrogen-bond donors (Lipinski definition) is 0. The second-order valence-corrected chi connectivity index (χ2v) is 1.55. The third-order valence-electron chi connectivity index (χ3n) is 1.01. The van der Waals surface area contributed by atoms with Gasteiger partial charge in [0.1, 0.15) is 13.2 Å². The van der Waals surface area contributed by atoms with Gasteiger partial charge in [-0.2, -0.15) is 9.99 Å². The Balaban J connectivity index is 2.90. The van der Waals surface area contributed by atoms with Gasteiger partial charge in [0, 0.05) is 6.20 Å². The van der Waals surface area contributed by atoms with Gasteiger partial charge in [-0.25, -0.2) is 0 Å². The van der Waals surface area contributed by atoms with Crippen LogP contribution in [0.15, 0.2) is 18.5 Å². The van der Waals surface area contributed by atoms with Crippen molar-refractivity contribution in [3.8, 4) is 6.07 Å². The van der Waals surface area contributed by atoms with E-state index in [-0.39, 0.29) is 0 Å². The molecule has 0 bridgehead atoms. The van der Waals surface area contributed by atoms with Gasteiger partial charge >= 0.3 is 0 Å². The van der Waals surface area contributed by atoms with Crippen LogP contribution in [0.1, 0.15) is 5.56 Å². The van der Waals surface area contributed by atoms with Crippen LogP contribution >= 0.6 is 0 Å². The van der Waals surface area contributed by atoms with Gasteiger partial charge in [0.05, 0.1) is 11.8 Å². The molecule has 3 heteroatoms. The summed E-state index contributed by atoms with van der Waals surface area (Å²) in [5.41, 5.74) is 0.608. The maximum atomic E-state index is 8.33. The van der Waals surface area contributed by atoms with Gasteiger partial charge in [0.25, 0.3) is 0 Å². The molecular formula is C6H6N2O. The van der Waals surface area contributed by atoms with Gasteiger partial charge in [-0.05, 0) is 6.07 Å². The lowest BCUT2D eigenvalue weighted by Crippen LogP contribution is -2.00. The molecule has 0 saturated carbocycles. The summed E-state index contributed by atoms with van der Waals surface area (Å²) in [4.78, 5) is 4.76. The van der Waals surface area contributed by atoms with Gasteiger partial charge in [0.15, 0.2) is 0 Å². The van der Waals surface area contributed by atoms with Crippen molar-refractivity contribution in [1.82, 2.24) is 4.73 Å². The Bertz CT molecular complexity index is 233. The average molecular weight is 122 g/mol. The van der Waals surface area contributed by atoms with Gasteiger partial charge in [-0.3, -0.25) is 0 Å². The van der Waals surface area contributed by atoms with E-state index in [1.165, 1.54) is 4.73 Å². The van der Waals surface area contributed by atoms with Crippen LogP contribution in [0.25, 0.3) is 0 Å². The number of aromatic nitrogens is 1. The molecule has 1 aromatic heterocycles. The van der Waals surface area contributed by atoms with E-state index in [9.17, 15) is 0 Å². The Morgan fingerprint density at radius 1 is 1.78 bits per heavy atom. The Labute approximate surface area is 53.0 Å². The molecule has 0 aromatic carbocycles. The van der Waals surface area contributed by atoms with E-state index < -0.39 is 0 Å². The third-order valence-corrected chi connectivity index (χ3v) is 1.01. The predicted octanol–water partition coefficient (Wildman–Crippen LogP) is 0.418. The molecule has 0 amide bonds. The van der Waals surface area contributed by atoms with E-state index in [1.54, 1.807) is 25.6 Å². The summed E-state index contributed by atoms with van der Waals surface area (Å²) in [5.74, 6) is 0. The molecule has 0 aliphatic rings. The molecule has 0 fully saturated rings. The summed E-state index contributed by atoms with van der Waals surface area (Å²) in [7, 11) is 1.54. The van der Waals surface area contributed by atoms with Crippen molar-refractivity contribution in [2.24, 2.45) is 0 Å². The van der Waals surface area contributed by atoms with Crippen LogP contribution < -0.4 is 4.84 Å². The zero-order chi connectivity index (χ0) is 6.69. The van der Waals surface area contributed by atoms with Crippen molar-refractivity contribution >= 4 is 0 Å². The fourth-order valence-electron chi connectivity index (χ4n) is 0.557. The van der Waals surface area contributed by atoms with Crippen molar-refractivity contribution in [2.75, 3.05) is 7.11 Å². The molecule has 46 valence electrons. The molecule has 3 nitrogen and oxygen atoms in total. The van der Waals surface area contributed by atoms with Crippen molar-refractivity contribution in [3.63, 3.8) is 0 Å². The van der Waals surface area contributed by atoms with Crippen molar-refractivity contribution < 1.29 is 4.84 Å². The van der Waals surface area contributed by atoms with Crippen molar-refractivity contribution in [3.05, 3.63) is 24.0 Å². The number of nitrogens with zero attached hydrogens (tertiary/aromatic N) is 2. The van der Waals surface area contributed by atoms with E-state index in [0.29, 0.717) is 5.56 Å². The molecule has 0 saturated heterocycles. The first-order chi connectivity index (χ1) is 4.36. The fraction of sp³-hybridized carbons (Fsp3) is 0.167. The minimum absolute atomic E-state index is 0.608. The molecule has 1 aromatic rings. The van der Waals surface area contributed by atoms with Crippen molar-refractivity contribution in [2.45, 2.75) is 0 Å². The largest absolute Gasteiger partial charge is 0.418 e. The molecule has 0 radical (unpaired) electrons. The minimum Gasteiger partial charge on any atom is -0.418 e. The lowest BCUT2D eigenvalue weighted by molar-refractivity contribution is 0.168. The van der Waals surface area contributed by atoms with Crippen LogP contribution in [0, 0.1) is 11.3 Å². The zero-order valence-electron chi connectivity index (χ0n) is 5.03. The Morgan fingerprint density at radius 2 is 2.56 bits per heavy atom. The van der Waals surface area contributed by atoms with Crippen LogP contribution in [-0.4, -0.2) is 11.8 Å². The second-order valence-electron chi connectivity index (χ2n) is 1.55. The molecule has 0 atom stereocenters. The number of nitriles is 1. The average Bonchev–Trinajstić information content (AvgIpc) is 2.34. The zero-order valence-corrected chi connectivity index (χ0v) is 5.03. The van der Waals surface area contributed by atoms with E-state index in [1.807, 2.05) is 6.07 Å². The maximum absolute atomic E-state index is 8.33. The van der Waals surface area contributed by atoms with E-state index in [4.69, 9.17) is 10.1 Å². The second kappa shape index (κ2) is 2.23. The molecule has 0 N–H and O–H groups in total. The van der Waals surface area contributed by atoms with Gasteiger partial charge in [-0.1, -0.05) is 0 Å². The number of hydrogen-bond acceptors (Lipinski definition) is 2. The highest BCUT2D eigenvalue weighted by atomic mass is 16.6. The fourth-order valence-corrected chi connectivity index (χ4v) is 0.557. The smallest absolute Gasteiger partial charge is 0.104 e. The van der Waals surface area contributed by atoms with Gasteiger partial charge < -0.3 is 4.84 Å². The summed E-state index contributed by atoms with van der Waals surface area (Å²) >= 11 is 0. The highest BCUT2D eigenvalue weighted by Gasteiger charge is 1.90. The summed E-state index contributed by atoms with van der Waals surface area (Å²) in [5, 5.41) is 8.33. The lowest BCUT2D eigenvalue weighted by atomic mass is 10.4. The first-order valence-electron chi connectivity index (χ1n) is 2.49. The number of rotatable bonds is 1. The highest BCUT2D eigenvalue weighted by Crippen LogP contribution is 1.95. The van der Waals surface area contributed by atoms with Gasteiger partial charge in [0.2, 0.25) is 0 Å². The normalized spacial score (nSPS) is 8.44. The quantitative estimate of drug-likeness (QED) is 0.541. The van der Waals surface area contributed by atoms with Crippen LogP contribution in [-0.2, 0) is 0 Å². The highest BCUT2D eigenvalue weighted by molar-refractivity contribution is 5.24. The Hall–Kier alpha value is -1.43. The summed E-state index contributed by atoms with van der Waals surface area (Å²) < 4.78 is 1.47. The standard InChI is InChI=1S/C6H6N2O/c1-9-8-3-2-6(4-7)5-8/h2-3,5H,1H3. The molecule has 1 rings (SSSR count). The molecule has 0 unspecified atom stereocenters. The van der Waals surface area contributed by atoms with Crippen molar-refractivity contribution in [1.29, 1.82) is 5.26 Å². The van der Waals surface area contributed by atoms with Crippen LogP contribution in [0.4, 0.5) is 0 Å². The summed E-state index contributed by atoms with van der Waals surface area (Å²) in [6.45, 7) is 0. The lowest BCUT2D eigenvalue weighted by Gasteiger charge is -1.94. The molecule has 0 aliphatic heterocycles. The minimum atomic E-state index is 0.608. The summed E-state index contributed by atoms with van der Waals surface area (Å²) in [6, 6.07) is 3.66. The SMILES string of the molecule is COn1ccc(C#N)c1. The van der Waals surface area contributed by atoms with Crippen LogP contribution in [0.3, 0.4) is 0 Å². The van der Waals surface area contributed by atoms with E-state index >= 15 is 0 Å². The summed E-state index contributed by atoms with van der Waals surface area (Å²) in [6.07, 6.45) is 3.29. The maximum Gasteiger partial charge on any atom is 0.104 e. The first-order valence-corrected chi connectivity index (χ1v) is 2.49.